The van der Waals surface area contributed by atoms with Crippen molar-refractivity contribution in [1.82, 2.24) is 0 Å². The molecular formula is C11H20Si2. The summed E-state index contributed by atoms with van der Waals surface area (Å²) in [4.78, 5) is 0. The highest BCUT2D eigenvalue weighted by Crippen LogP contribution is 2.06. The van der Waals surface area contributed by atoms with Crippen molar-refractivity contribution in [3.05, 3.63) is 35.9 Å². The molecule has 0 aliphatic heterocycles. The van der Waals surface area contributed by atoms with Gasteiger partial charge in [0, 0.05) is 16.6 Å². The molecule has 0 aromatic heterocycles. The van der Waals surface area contributed by atoms with Gasteiger partial charge in [-0.05, 0) is 12.0 Å². The van der Waals surface area contributed by atoms with Gasteiger partial charge >= 0.3 is 0 Å². The van der Waals surface area contributed by atoms with Crippen LogP contribution < -0.4 is 0 Å². The van der Waals surface area contributed by atoms with Crippen LogP contribution in [0.15, 0.2) is 30.3 Å². The average molecular weight is 208 g/mol. The van der Waals surface area contributed by atoms with Crippen molar-refractivity contribution < 1.29 is 0 Å². The molecule has 1 aromatic rings. The lowest BCUT2D eigenvalue weighted by atomic mass is 10.2. The minimum atomic E-state index is -0.672. The molecule has 0 radical (unpaired) electrons. The van der Waals surface area contributed by atoms with E-state index in [2.05, 4.69) is 50.0 Å². The fourth-order valence-electron chi connectivity index (χ4n) is 1.47. The molecule has 0 nitrogen and oxygen atoms in total. The van der Waals surface area contributed by atoms with E-state index in [1.807, 2.05) is 0 Å². The molecule has 0 fully saturated rings. The van der Waals surface area contributed by atoms with Crippen LogP contribution in [0.25, 0.3) is 0 Å². The molecule has 0 aliphatic carbocycles. The Morgan fingerprint density at radius 1 is 1.08 bits per heavy atom. The quantitative estimate of drug-likeness (QED) is 0.668. The molecule has 1 aromatic carbocycles. The van der Waals surface area contributed by atoms with Crippen molar-refractivity contribution in [3.8, 4) is 0 Å². The predicted octanol–water partition coefficient (Wildman–Crippen LogP) is 2.65. The van der Waals surface area contributed by atoms with Crippen LogP contribution >= 0.6 is 0 Å². The zero-order chi connectivity index (χ0) is 9.73. The first-order valence-electron chi connectivity index (χ1n) is 5.12. The lowest BCUT2D eigenvalue weighted by Gasteiger charge is -2.14. The first-order chi connectivity index (χ1) is 6.08. The minimum Gasteiger partial charge on any atom is -0.0720 e. The van der Waals surface area contributed by atoms with Crippen LogP contribution in [-0.2, 0) is 6.42 Å². The van der Waals surface area contributed by atoms with E-state index < -0.39 is 7.59 Å². The molecule has 0 heterocycles. The van der Waals surface area contributed by atoms with Gasteiger partial charge in [0.25, 0.3) is 0 Å². The van der Waals surface area contributed by atoms with Gasteiger partial charge in [-0.2, -0.15) is 0 Å². The van der Waals surface area contributed by atoms with Crippen LogP contribution in [0.3, 0.4) is 0 Å². The van der Waals surface area contributed by atoms with E-state index in [0.29, 0.717) is 0 Å². The highest BCUT2D eigenvalue weighted by Gasteiger charge is 2.12. The van der Waals surface area contributed by atoms with Crippen LogP contribution in [0.1, 0.15) is 5.56 Å². The van der Waals surface area contributed by atoms with Gasteiger partial charge in [-0.25, -0.2) is 0 Å². The fourth-order valence-corrected chi connectivity index (χ4v) is 6.83. The third kappa shape index (κ3) is 5.06. The predicted molar refractivity (Wildman–Crippen MR) is 66.8 cm³/mol. The Labute approximate surface area is 85.0 Å². The van der Waals surface area contributed by atoms with Crippen molar-refractivity contribution in [1.29, 1.82) is 0 Å². The van der Waals surface area contributed by atoms with Gasteiger partial charge in [-0.15, -0.1) is 0 Å². The lowest BCUT2D eigenvalue weighted by Crippen LogP contribution is -2.29. The van der Waals surface area contributed by atoms with Crippen molar-refractivity contribution in [3.63, 3.8) is 0 Å². The summed E-state index contributed by atoms with van der Waals surface area (Å²) >= 11 is 0. The molecule has 0 bridgehead atoms. The summed E-state index contributed by atoms with van der Waals surface area (Å²) < 4.78 is 0. The molecule has 13 heavy (non-hydrogen) atoms. The van der Waals surface area contributed by atoms with E-state index in [-0.39, 0.29) is 9.04 Å². The minimum absolute atomic E-state index is 0.245. The van der Waals surface area contributed by atoms with E-state index in [9.17, 15) is 0 Å². The Hall–Kier alpha value is -0.346. The van der Waals surface area contributed by atoms with Gasteiger partial charge in [0.1, 0.15) is 0 Å². The molecule has 0 spiro atoms. The van der Waals surface area contributed by atoms with Gasteiger partial charge in [-0.3, -0.25) is 0 Å². The number of aryl methyl sites for hydroxylation is 1. The second kappa shape index (κ2) is 4.77. The molecule has 72 valence electrons. The first kappa shape index (κ1) is 10.7. The summed E-state index contributed by atoms with van der Waals surface area (Å²) in [7, 11) is -0.427. The Kier molecular flexibility index (Phi) is 3.94. The summed E-state index contributed by atoms with van der Waals surface area (Å²) in [5.74, 6) is 0. The van der Waals surface area contributed by atoms with E-state index in [1.54, 1.807) is 0 Å². The molecule has 2 heteroatoms. The summed E-state index contributed by atoms with van der Waals surface area (Å²) in [6.07, 6.45) is 1.32. The second-order valence-electron chi connectivity index (χ2n) is 4.90. The SMILES string of the molecule is C[Si](C)(C)[SiH2]CCc1ccccc1. The Bertz CT molecular complexity index is 236. The van der Waals surface area contributed by atoms with Crippen LogP contribution in [0, 0.1) is 0 Å². The summed E-state index contributed by atoms with van der Waals surface area (Å²) in [6, 6.07) is 12.4. The van der Waals surface area contributed by atoms with Crippen LogP contribution in [-0.4, -0.2) is 16.6 Å². The van der Waals surface area contributed by atoms with Crippen molar-refractivity contribution in [2.24, 2.45) is 0 Å². The molecular weight excluding hydrogens is 188 g/mol. The molecule has 0 N–H and O–H groups in total. The molecule has 0 saturated carbocycles. The third-order valence-corrected chi connectivity index (χ3v) is 10.0. The monoisotopic (exact) mass is 208 g/mol. The van der Waals surface area contributed by atoms with Gasteiger partial charge in [0.15, 0.2) is 0 Å². The van der Waals surface area contributed by atoms with Gasteiger partial charge in [0.05, 0.1) is 0 Å². The van der Waals surface area contributed by atoms with Crippen LogP contribution in [0.4, 0.5) is 0 Å². The molecule has 0 unspecified atom stereocenters. The van der Waals surface area contributed by atoms with E-state index in [4.69, 9.17) is 0 Å². The molecule has 0 saturated heterocycles. The number of hydrogen-bond donors (Lipinski definition) is 0. The maximum absolute atomic E-state index is 2.50. The topological polar surface area (TPSA) is 0 Å². The average Bonchev–Trinajstić information content (AvgIpc) is 2.04. The van der Waals surface area contributed by atoms with Crippen LogP contribution in [0.5, 0.6) is 0 Å². The maximum Gasteiger partial charge on any atom is 0.0310 e. The standard InChI is InChI=1S/C11H20Si2/c1-13(2,3)12-10-9-11-7-5-4-6-8-11/h4-8H,9-10,12H2,1-3H3. The molecule has 1 rings (SSSR count). The Morgan fingerprint density at radius 3 is 2.23 bits per heavy atom. The second-order valence-corrected chi connectivity index (χ2v) is 19.1. The van der Waals surface area contributed by atoms with Gasteiger partial charge in [-0.1, -0.05) is 56.0 Å². The van der Waals surface area contributed by atoms with Crippen LogP contribution in [0.2, 0.25) is 25.7 Å². The van der Waals surface area contributed by atoms with Crippen molar-refractivity contribution >= 4 is 16.6 Å². The van der Waals surface area contributed by atoms with Gasteiger partial charge < -0.3 is 0 Å². The zero-order valence-corrected chi connectivity index (χ0v) is 11.4. The molecule has 0 amide bonds. The highest BCUT2D eigenvalue weighted by atomic mass is 29.2. The summed E-state index contributed by atoms with van der Waals surface area (Å²) in [5.41, 5.74) is 1.52. The van der Waals surface area contributed by atoms with Gasteiger partial charge in [0.2, 0.25) is 0 Å². The summed E-state index contributed by atoms with van der Waals surface area (Å²) in [6.45, 7) is 7.51. The Balaban J connectivity index is 2.29. The number of rotatable bonds is 4. The fraction of sp³-hybridized carbons (Fsp3) is 0.455. The smallest absolute Gasteiger partial charge is 0.0310 e. The van der Waals surface area contributed by atoms with E-state index >= 15 is 0 Å². The van der Waals surface area contributed by atoms with E-state index in [1.165, 1.54) is 18.0 Å². The first-order valence-corrected chi connectivity index (χ1v) is 11.9. The Morgan fingerprint density at radius 2 is 1.69 bits per heavy atom. The molecule has 0 aliphatic rings. The number of hydrogen-bond acceptors (Lipinski definition) is 0. The molecule has 0 atom stereocenters. The maximum atomic E-state index is 2.50. The third-order valence-electron chi connectivity index (χ3n) is 2.24. The summed E-state index contributed by atoms with van der Waals surface area (Å²) in [5, 5.41) is 0. The highest BCUT2D eigenvalue weighted by molar-refractivity contribution is 7.23. The number of benzene rings is 1. The van der Waals surface area contributed by atoms with E-state index in [0.717, 1.165) is 0 Å². The largest absolute Gasteiger partial charge is 0.0720 e. The van der Waals surface area contributed by atoms with Crippen molar-refractivity contribution in [2.75, 3.05) is 0 Å². The van der Waals surface area contributed by atoms with Crippen molar-refractivity contribution in [2.45, 2.75) is 32.1 Å². The lowest BCUT2D eigenvalue weighted by molar-refractivity contribution is 1.13. The normalized spacial score (nSPS) is 12.5. The zero-order valence-electron chi connectivity index (χ0n) is 9.01.